The van der Waals surface area contributed by atoms with Crippen molar-refractivity contribution in [2.24, 2.45) is 0 Å². The number of unbranched alkanes of at least 4 members (excludes halogenated alkanes) is 1. The lowest BCUT2D eigenvalue weighted by atomic mass is 10.4. The fourth-order valence-electron chi connectivity index (χ4n) is 0.858. The Kier molecular flexibility index (Phi) is 8.45. The van der Waals surface area contributed by atoms with Crippen molar-refractivity contribution in [1.29, 1.82) is 5.26 Å². The van der Waals surface area contributed by atoms with Crippen LogP contribution < -0.4 is 0 Å². The molecule has 0 aliphatic heterocycles. The van der Waals surface area contributed by atoms with Gasteiger partial charge in [-0.05, 0) is 12.2 Å². The first kappa shape index (κ1) is 13.3. The average molecular weight is 214 g/mol. The normalized spacial score (nSPS) is 9.50. The third-order valence-corrected chi connectivity index (χ3v) is 2.88. The van der Waals surface area contributed by atoms with Gasteiger partial charge >= 0.3 is 0 Å². The molecule has 0 aromatic heterocycles. The van der Waals surface area contributed by atoms with E-state index in [1.807, 2.05) is 6.07 Å². The van der Waals surface area contributed by atoms with E-state index in [2.05, 4.69) is 6.92 Å². The number of amides is 1. The summed E-state index contributed by atoms with van der Waals surface area (Å²) in [5, 5.41) is 8.35. The topological polar surface area (TPSA) is 44.1 Å². The number of nitriles is 1. The van der Waals surface area contributed by atoms with E-state index in [1.165, 1.54) is 12.8 Å². The quantitative estimate of drug-likeness (QED) is 0.608. The number of nitrogens with zero attached hydrogens (tertiary/aromatic N) is 2. The third-order valence-electron chi connectivity index (χ3n) is 1.85. The molecule has 0 atom stereocenters. The lowest BCUT2D eigenvalue weighted by Crippen LogP contribution is -2.29. The molecule has 0 N–H and O–H groups in total. The van der Waals surface area contributed by atoms with E-state index in [4.69, 9.17) is 5.26 Å². The molecule has 0 saturated heterocycles. The predicted molar refractivity (Wildman–Crippen MR) is 60.1 cm³/mol. The fourth-order valence-corrected chi connectivity index (χ4v) is 1.89. The molecule has 0 radical (unpaired) electrons. The van der Waals surface area contributed by atoms with Crippen LogP contribution in [-0.2, 0) is 4.79 Å². The highest BCUT2D eigenvalue weighted by Gasteiger charge is 2.07. The number of hydrogen-bond acceptors (Lipinski definition) is 3. The van der Waals surface area contributed by atoms with Gasteiger partial charge in [-0.3, -0.25) is 4.79 Å². The molecule has 4 heteroatoms. The summed E-state index contributed by atoms with van der Waals surface area (Å²) in [7, 11) is 1.75. The van der Waals surface area contributed by atoms with Crippen molar-refractivity contribution in [3.05, 3.63) is 0 Å². The minimum absolute atomic E-state index is 0.126. The van der Waals surface area contributed by atoms with E-state index in [0.717, 1.165) is 5.75 Å². The molecule has 0 aromatic rings. The summed E-state index contributed by atoms with van der Waals surface area (Å²) in [4.78, 5) is 13.0. The first-order valence-corrected chi connectivity index (χ1v) is 6.06. The molecule has 14 heavy (non-hydrogen) atoms. The third kappa shape index (κ3) is 6.79. The Balaban J connectivity index is 3.48. The minimum Gasteiger partial charge on any atom is -0.344 e. The number of carbonyl (C=O) groups excluding carboxylic acids is 1. The number of carbonyl (C=O) groups is 1. The molecule has 0 saturated carbocycles. The molecular formula is C10H18N2OS. The van der Waals surface area contributed by atoms with Gasteiger partial charge in [0.2, 0.25) is 5.91 Å². The second-order valence-corrected chi connectivity index (χ2v) is 4.23. The smallest absolute Gasteiger partial charge is 0.232 e. The maximum Gasteiger partial charge on any atom is 0.232 e. The highest BCUT2D eigenvalue weighted by Crippen LogP contribution is 2.05. The van der Waals surface area contributed by atoms with Crippen molar-refractivity contribution in [3.8, 4) is 6.07 Å². The SMILES string of the molecule is CCCCSCC(=O)N(C)CCC#N. The minimum atomic E-state index is 0.126. The van der Waals surface area contributed by atoms with Crippen LogP contribution in [-0.4, -0.2) is 35.9 Å². The number of thioether (sulfide) groups is 1. The molecule has 0 heterocycles. The van der Waals surface area contributed by atoms with E-state index >= 15 is 0 Å². The van der Waals surface area contributed by atoms with Gasteiger partial charge in [0.05, 0.1) is 18.2 Å². The Hall–Kier alpha value is -0.690. The summed E-state index contributed by atoms with van der Waals surface area (Å²) in [6.07, 6.45) is 2.76. The van der Waals surface area contributed by atoms with Crippen LogP contribution in [0.1, 0.15) is 26.2 Å². The zero-order valence-electron chi connectivity index (χ0n) is 8.95. The van der Waals surface area contributed by atoms with Gasteiger partial charge < -0.3 is 4.90 Å². The zero-order valence-corrected chi connectivity index (χ0v) is 9.77. The highest BCUT2D eigenvalue weighted by molar-refractivity contribution is 7.99. The average Bonchev–Trinajstić information content (AvgIpc) is 2.20. The first-order valence-electron chi connectivity index (χ1n) is 4.91. The predicted octanol–water partition coefficient (Wildman–Crippen LogP) is 1.89. The summed E-state index contributed by atoms with van der Waals surface area (Å²) in [6.45, 7) is 2.69. The molecular weight excluding hydrogens is 196 g/mol. The van der Waals surface area contributed by atoms with Crippen molar-refractivity contribution in [1.82, 2.24) is 4.90 Å². The van der Waals surface area contributed by atoms with Crippen LogP contribution in [0.25, 0.3) is 0 Å². The maximum absolute atomic E-state index is 11.4. The number of rotatable bonds is 7. The van der Waals surface area contributed by atoms with Crippen LogP contribution in [0.3, 0.4) is 0 Å². The zero-order chi connectivity index (χ0) is 10.8. The van der Waals surface area contributed by atoms with E-state index < -0.39 is 0 Å². The van der Waals surface area contributed by atoms with Crippen molar-refractivity contribution in [3.63, 3.8) is 0 Å². The van der Waals surface area contributed by atoms with Gasteiger partial charge in [-0.1, -0.05) is 13.3 Å². The van der Waals surface area contributed by atoms with E-state index in [1.54, 1.807) is 23.7 Å². The van der Waals surface area contributed by atoms with E-state index in [9.17, 15) is 4.79 Å². The molecule has 0 unspecified atom stereocenters. The van der Waals surface area contributed by atoms with Gasteiger partial charge in [-0.25, -0.2) is 0 Å². The molecule has 1 amide bonds. The Morgan fingerprint density at radius 1 is 1.57 bits per heavy atom. The van der Waals surface area contributed by atoms with Crippen LogP contribution >= 0.6 is 11.8 Å². The van der Waals surface area contributed by atoms with Crippen molar-refractivity contribution in [2.75, 3.05) is 25.1 Å². The molecule has 0 rings (SSSR count). The summed E-state index contributed by atoms with van der Waals surface area (Å²) >= 11 is 1.67. The lowest BCUT2D eigenvalue weighted by molar-refractivity contribution is -0.127. The highest BCUT2D eigenvalue weighted by atomic mass is 32.2. The van der Waals surface area contributed by atoms with Gasteiger partial charge in [0.1, 0.15) is 0 Å². The van der Waals surface area contributed by atoms with Crippen molar-refractivity contribution >= 4 is 17.7 Å². The Labute approximate surface area is 90.5 Å². The fraction of sp³-hybridized carbons (Fsp3) is 0.800. The molecule has 0 bridgehead atoms. The largest absolute Gasteiger partial charge is 0.344 e. The van der Waals surface area contributed by atoms with Gasteiger partial charge in [0.25, 0.3) is 0 Å². The second-order valence-electron chi connectivity index (χ2n) is 3.13. The Morgan fingerprint density at radius 2 is 2.29 bits per heavy atom. The van der Waals surface area contributed by atoms with Crippen LogP contribution in [0.5, 0.6) is 0 Å². The van der Waals surface area contributed by atoms with Crippen LogP contribution in [0.2, 0.25) is 0 Å². The maximum atomic E-state index is 11.4. The molecule has 0 aliphatic carbocycles. The molecule has 0 aromatic carbocycles. The van der Waals surface area contributed by atoms with Gasteiger partial charge in [0, 0.05) is 13.6 Å². The van der Waals surface area contributed by atoms with Crippen molar-refractivity contribution < 1.29 is 4.79 Å². The van der Waals surface area contributed by atoms with Gasteiger partial charge in [-0.2, -0.15) is 17.0 Å². The van der Waals surface area contributed by atoms with E-state index in [-0.39, 0.29) is 5.91 Å². The van der Waals surface area contributed by atoms with Gasteiger partial charge in [-0.15, -0.1) is 0 Å². The molecule has 80 valence electrons. The summed E-state index contributed by atoms with van der Waals surface area (Å²) in [6, 6.07) is 2.03. The Morgan fingerprint density at radius 3 is 2.86 bits per heavy atom. The first-order chi connectivity index (χ1) is 6.72. The Bertz CT molecular complexity index is 201. The standard InChI is InChI=1S/C10H18N2OS/c1-3-4-8-14-9-10(13)12(2)7-5-6-11/h3-5,7-9H2,1-2H3. The summed E-state index contributed by atoms with van der Waals surface area (Å²) in [5.41, 5.74) is 0. The summed E-state index contributed by atoms with van der Waals surface area (Å²) < 4.78 is 0. The van der Waals surface area contributed by atoms with E-state index in [0.29, 0.717) is 18.7 Å². The monoisotopic (exact) mass is 214 g/mol. The summed E-state index contributed by atoms with van der Waals surface area (Å²) in [5.74, 6) is 1.72. The molecule has 0 fully saturated rings. The van der Waals surface area contributed by atoms with Crippen LogP contribution in [0, 0.1) is 11.3 Å². The van der Waals surface area contributed by atoms with Crippen LogP contribution in [0.15, 0.2) is 0 Å². The molecule has 0 spiro atoms. The lowest BCUT2D eigenvalue weighted by Gasteiger charge is -2.14. The van der Waals surface area contributed by atoms with Crippen molar-refractivity contribution in [2.45, 2.75) is 26.2 Å². The molecule has 0 aliphatic rings. The van der Waals surface area contributed by atoms with Crippen LogP contribution in [0.4, 0.5) is 0 Å². The second kappa shape index (κ2) is 8.89. The number of hydrogen-bond donors (Lipinski definition) is 0. The van der Waals surface area contributed by atoms with Gasteiger partial charge in [0.15, 0.2) is 0 Å². The molecule has 3 nitrogen and oxygen atoms in total.